The molecule has 0 aliphatic heterocycles. The third-order valence-corrected chi connectivity index (χ3v) is 1.84. The van der Waals surface area contributed by atoms with Gasteiger partial charge in [-0.3, -0.25) is 4.98 Å². The third kappa shape index (κ3) is 1.93. The molecule has 0 unspecified atom stereocenters. The van der Waals surface area contributed by atoms with Gasteiger partial charge in [-0.15, -0.1) is 11.6 Å². The van der Waals surface area contributed by atoms with Crippen molar-refractivity contribution in [1.29, 1.82) is 5.26 Å². The van der Waals surface area contributed by atoms with Crippen molar-refractivity contribution in [2.45, 2.75) is 12.3 Å². The van der Waals surface area contributed by atoms with E-state index >= 15 is 0 Å². The van der Waals surface area contributed by atoms with Crippen molar-refractivity contribution in [3.8, 4) is 6.07 Å². The summed E-state index contributed by atoms with van der Waals surface area (Å²) >= 11 is 5.42. The van der Waals surface area contributed by atoms with Crippen molar-refractivity contribution in [1.82, 2.24) is 4.98 Å². The topological polar surface area (TPSA) is 36.7 Å². The van der Waals surface area contributed by atoms with Gasteiger partial charge in [-0.2, -0.15) is 5.26 Å². The Labute approximate surface area is 78.8 Å². The van der Waals surface area contributed by atoms with Gasteiger partial charge in [0.15, 0.2) is 0 Å². The summed E-state index contributed by atoms with van der Waals surface area (Å²) in [5, 5.41) is 8.52. The zero-order valence-corrected chi connectivity index (χ0v) is 7.22. The van der Waals surface area contributed by atoms with Crippen molar-refractivity contribution < 1.29 is 8.78 Å². The summed E-state index contributed by atoms with van der Waals surface area (Å²) in [6.45, 7) is 0. The zero-order valence-electron chi connectivity index (χ0n) is 6.47. The van der Waals surface area contributed by atoms with E-state index in [0.29, 0.717) is 0 Å². The summed E-state index contributed by atoms with van der Waals surface area (Å²) in [6.07, 6.45) is -0.334. The van der Waals surface area contributed by atoms with Gasteiger partial charge in [0.25, 0.3) is 6.43 Å². The number of aromatic nitrogens is 1. The van der Waals surface area contributed by atoms with Crippen molar-refractivity contribution >= 4 is 11.6 Å². The largest absolute Gasteiger partial charge is 0.265 e. The first-order chi connectivity index (χ1) is 6.20. The van der Waals surface area contributed by atoms with Crippen molar-refractivity contribution in [2.24, 2.45) is 0 Å². The number of nitrogens with zero attached hydrogens (tertiary/aromatic N) is 2. The van der Waals surface area contributed by atoms with E-state index in [1.54, 1.807) is 6.07 Å². The number of halogens is 3. The molecule has 0 spiro atoms. The van der Waals surface area contributed by atoms with E-state index in [1.807, 2.05) is 0 Å². The van der Waals surface area contributed by atoms with Crippen molar-refractivity contribution in [2.75, 3.05) is 0 Å². The van der Waals surface area contributed by atoms with Crippen LogP contribution in [-0.4, -0.2) is 4.98 Å². The molecule has 0 aliphatic carbocycles. The molecule has 0 bridgehead atoms. The molecule has 68 valence electrons. The average molecular weight is 203 g/mol. The van der Waals surface area contributed by atoms with Crippen LogP contribution in [0.15, 0.2) is 12.4 Å². The first kappa shape index (κ1) is 9.87. The Morgan fingerprint density at radius 2 is 2.23 bits per heavy atom. The van der Waals surface area contributed by atoms with E-state index in [2.05, 4.69) is 4.98 Å². The molecule has 1 rings (SSSR count). The maximum atomic E-state index is 12.4. The molecule has 0 saturated carbocycles. The average Bonchev–Trinajstić information content (AvgIpc) is 2.16. The fourth-order valence-electron chi connectivity index (χ4n) is 0.967. The lowest BCUT2D eigenvalue weighted by Crippen LogP contribution is -1.98. The van der Waals surface area contributed by atoms with Crippen LogP contribution in [0, 0.1) is 11.3 Å². The predicted octanol–water partition coefficient (Wildman–Crippen LogP) is 2.63. The molecule has 2 nitrogen and oxygen atoms in total. The highest BCUT2D eigenvalue weighted by atomic mass is 35.5. The van der Waals surface area contributed by atoms with E-state index in [4.69, 9.17) is 16.9 Å². The summed E-state index contributed by atoms with van der Waals surface area (Å²) in [6, 6.07) is 1.65. The van der Waals surface area contributed by atoms with E-state index in [9.17, 15) is 8.78 Å². The fourth-order valence-corrected chi connectivity index (χ4v) is 1.18. The molecule has 0 saturated heterocycles. The standard InChI is InChI=1S/C8H5ClF2N2/c9-1-5-3-13-4-6(2-12)7(5)8(10)11/h3-4,8H,1H2. The summed E-state index contributed by atoms with van der Waals surface area (Å²) in [4.78, 5) is 3.63. The molecule has 0 radical (unpaired) electrons. The molecule has 0 aliphatic rings. The molecule has 0 amide bonds. The monoisotopic (exact) mass is 202 g/mol. The van der Waals surface area contributed by atoms with E-state index < -0.39 is 6.43 Å². The number of pyridine rings is 1. The summed E-state index contributed by atoms with van der Waals surface area (Å²) < 4.78 is 24.8. The van der Waals surface area contributed by atoms with Crippen molar-refractivity contribution in [3.05, 3.63) is 29.1 Å². The van der Waals surface area contributed by atoms with Gasteiger partial charge in [0.05, 0.1) is 5.56 Å². The van der Waals surface area contributed by atoms with E-state index in [-0.39, 0.29) is 22.6 Å². The third-order valence-electron chi connectivity index (χ3n) is 1.55. The highest BCUT2D eigenvalue weighted by Crippen LogP contribution is 2.26. The normalized spacial score (nSPS) is 10.1. The number of hydrogen-bond acceptors (Lipinski definition) is 2. The predicted molar refractivity (Wildman–Crippen MR) is 43.5 cm³/mol. The van der Waals surface area contributed by atoms with Gasteiger partial charge in [0, 0.05) is 23.8 Å². The molecule has 1 aromatic rings. The van der Waals surface area contributed by atoms with Gasteiger partial charge < -0.3 is 0 Å². The second kappa shape index (κ2) is 4.15. The lowest BCUT2D eigenvalue weighted by Gasteiger charge is -2.06. The fraction of sp³-hybridized carbons (Fsp3) is 0.250. The second-order valence-corrected chi connectivity index (χ2v) is 2.57. The first-order valence-electron chi connectivity index (χ1n) is 3.41. The van der Waals surface area contributed by atoms with Crippen molar-refractivity contribution in [3.63, 3.8) is 0 Å². The van der Waals surface area contributed by atoms with Gasteiger partial charge in [-0.1, -0.05) is 0 Å². The molecule has 0 fully saturated rings. The van der Waals surface area contributed by atoms with E-state index in [1.165, 1.54) is 6.20 Å². The Bertz CT molecular complexity index is 346. The Morgan fingerprint density at radius 1 is 1.54 bits per heavy atom. The summed E-state index contributed by atoms with van der Waals surface area (Å²) in [5.41, 5.74) is -0.226. The van der Waals surface area contributed by atoms with Crippen LogP contribution in [0.25, 0.3) is 0 Å². The van der Waals surface area contributed by atoms with Crippen LogP contribution >= 0.6 is 11.6 Å². The van der Waals surface area contributed by atoms with Gasteiger partial charge in [0.2, 0.25) is 0 Å². The SMILES string of the molecule is N#Cc1cncc(CCl)c1C(F)F. The Kier molecular flexibility index (Phi) is 3.15. The first-order valence-corrected chi connectivity index (χ1v) is 3.95. The van der Waals surface area contributed by atoms with Gasteiger partial charge in [-0.25, -0.2) is 8.78 Å². The maximum Gasteiger partial charge on any atom is 0.265 e. The zero-order chi connectivity index (χ0) is 9.84. The maximum absolute atomic E-state index is 12.4. The smallest absolute Gasteiger partial charge is 0.263 e. The van der Waals surface area contributed by atoms with Gasteiger partial charge in [-0.05, 0) is 5.56 Å². The Balaban J connectivity index is 3.32. The van der Waals surface area contributed by atoms with Crippen LogP contribution in [0.1, 0.15) is 23.1 Å². The minimum absolute atomic E-state index is 0.0673. The Hall–Kier alpha value is -1.21. The molecule has 0 N–H and O–H groups in total. The molecule has 5 heteroatoms. The molecular formula is C8H5ClF2N2. The number of rotatable bonds is 2. The van der Waals surface area contributed by atoms with Crippen LogP contribution in [0.3, 0.4) is 0 Å². The molecular weight excluding hydrogens is 198 g/mol. The van der Waals surface area contributed by atoms with Crippen LogP contribution in [0.4, 0.5) is 8.78 Å². The Morgan fingerprint density at radius 3 is 2.69 bits per heavy atom. The highest BCUT2D eigenvalue weighted by Gasteiger charge is 2.17. The lowest BCUT2D eigenvalue weighted by molar-refractivity contribution is 0.150. The minimum atomic E-state index is -2.69. The van der Waals surface area contributed by atoms with Gasteiger partial charge >= 0.3 is 0 Å². The van der Waals surface area contributed by atoms with Crippen LogP contribution in [0.2, 0.25) is 0 Å². The van der Waals surface area contributed by atoms with Gasteiger partial charge in [0.1, 0.15) is 6.07 Å². The van der Waals surface area contributed by atoms with Crippen LogP contribution in [0.5, 0.6) is 0 Å². The molecule has 13 heavy (non-hydrogen) atoms. The number of alkyl halides is 3. The number of hydrogen-bond donors (Lipinski definition) is 0. The summed E-state index contributed by atoms with van der Waals surface area (Å²) in [5.74, 6) is -0.0673. The molecule has 0 aromatic carbocycles. The number of nitriles is 1. The molecule has 1 aromatic heterocycles. The molecule has 0 atom stereocenters. The second-order valence-electron chi connectivity index (χ2n) is 2.31. The van der Waals surface area contributed by atoms with E-state index in [0.717, 1.165) is 6.20 Å². The summed E-state index contributed by atoms with van der Waals surface area (Å²) in [7, 11) is 0. The molecule has 1 heterocycles. The lowest BCUT2D eigenvalue weighted by atomic mass is 10.1. The quantitative estimate of drug-likeness (QED) is 0.692. The van der Waals surface area contributed by atoms with Crippen LogP contribution < -0.4 is 0 Å². The highest BCUT2D eigenvalue weighted by molar-refractivity contribution is 6.17. The minimum Gasteiger partial charge on any atom is -0.263 e. The van der Waals surface area contributed by atoms with Crippen LogP contribution in [-0.2, 0) is 5.88 Å².